The van der Waals surface area contributed by atoms with E-state index in [0.717, 1.165) is 24.1 Å². The molecule has 3 aromatic rings. The summed E-state index contributed by atoms with van der Waals surface area (Å²) in [6, 6.07) is 4.91. The van der Waals surface area contributed by atoms with E-state index in [1.54, 1.807) is 4.52 Å². The van der Waals surface area contributed by atoms with Crippen LogP contribution in [0.3, 0.4) is 0 Å². The minimum Gasteiger partial charge on any atom is -0.460 e. The van der Waals surface area contributed by atoms with Crippen LogP contribution in [0.4, 0.5) is 0 Å². The zero-order valence-electron chi connectivity index (χ0n) is 15.9. The first kappa shape index (κ1) is 17.4. The summed E-state index contributed by atoms with van der Waals surface area (Å²) < 4.78 is 7.81. The van der Waals surface area contributed by atoms with E-state index < -0.39 is 0 Å². The Morgan fingerprint density at radius 1 is 1.00 bits per heavy atom. The van der Waals surface area contributed by atoms with Gasteiger partial charge in [0.15, 0.2) is 5.65 Å². The van der Waals surface area contributed by atoms with Gasteiger partial charge in [-0.2, -0.15) is 14.6 Å². The molecule has 0 N–H and O–H groups in total. The van der Waals surface area contributed by atoms with E-state index in [2.05, 4.69) is 61.8 Å². The van der Waals surface area contributed by atoms with Crippen molar-refractivity contribution in [3.63, 3.8) is 0 Å². The van der Waals surface area contributed by atoms with Crippen LogP contribution >= 0.6 is 0 Å². The molecule has 2 heterocycles. The van der Waals surface area contributed by atoms with E-state index in [-0.39, 0.29) is 6.10 Å². The molecular formula is C20H26N4O. The summed E-state index contributed by atoms with van der Waals surface area (Å²) in [5, 5.41) is 4.53. The Bertz CT molecular complexity index is 886. The third kappa shape index (κ3) is 3.23. The second-order valence-corrected chi connectivity index (χ2v) is 6.68. The van der Waals surface area contributed by atoms with Gasteiger partial charge in [-0.05, 0) is 57.2 Å². The highest BCUT2D eigenvalue weighted by atomic mass is 16.5. The van der Waals surface area contributed by atoms with Crippen molar-refractivity contribution in [3.05, 3.63) is 40.8 Å². The maximum Gasteiger partial charge on any atom is 0.321 e. The molecule has 5 nitrogen and oxygen atoms in total. The Hall–Kier alpha value is -2.43. The SMILES string of the molecule is CCC(CC)Oc1nc(C)nc2c(-c3c(C)cc(C)cc3C)cnn12. The number of benzene rings is 1. The van der Waals surface area contributed by atoms with Gasteiger partial charge >= 0.3 is 6.01 Å². The zero-order valence-corrected chi connectivity index (χ0v) is 15.9. The highest BCUT2D eigenvalue weighted by molar-refractivity contribution is 5.81. The van der Waals surface area contributed by atoms with E-state index in [9.17, 15) is 0 Å². The minimum atomic E-state index is 0.132. The van der Waals surface area contributed by atoms with Crippen LogP contribution in [-0.4, -0.2) is 25.7 Å². The molecule has 132 valence electrons. The van der Waals surface area contributed by atoms with E-state index in [0.29, 0.717) is 11.8 Å². The van der Waals surface area contributed by atoms with Crippen LogP contribution in [0.15, 0.2) is 18.3 Å². The number of nitrogens with zero attached hydrogens (tertiary/aromatic N) is 4. The van der Waals surface area contributed by atoms with Crippen LogP contribution in [0.5, 0.6) is 6.01 Å². The van der Waals surface area contributed by atoms with Gasteiger partial charge in [0.25, 0.3) is 0 Å². The van der Waals surface area contributed by atoms with E-state index in [4.69, 9.17) is 4.74 Å². The summed E-state index contributed by atoms with van der Waals surface area (Å²) in [6.45, 7) is 12.5. The van der Waals surface area contributed by atoms with Gasteiger partial charge in [-0.25, -0.2) is 4.98 Å². The van der Waals surface area contributed by atoms with Crippen LogP contribution in [0.25, 0.3) is 16.8 Å². The van der Waals surface area contributed by atoms with Crippen LogP contribution in [0.1, 0.15) is 49.2 Å². The molecule has 0 amide bonds. The monoisotopic (exact) mass is 338 g/mol. The first-order valence-electron chi connectivity index (χ1n) is 8.91. The predicted octanol–water partition coefficient (Wildman–Crippen LogP) is 4.59. The lowest BCUT2D eigenvalue weighted by Gasteiger charge is -2.15. The van der Waals surface area contributed by atoms with Crippen LogP contribution in [-0.2, 0) is 0 Å². The molecule has 0 radical (unpaired) electrons. The fourth-order valence-corrected chi connectivity index (χ4v) is 3.42. The van der Waals surface area contributed by atoms with Crippen molar-refractivity contribution >= 4 is 5.65 Å². The first-order valence-corrected chi connectivity index (χ1v) is 8.91. The molecule has 0 aliphatic carbocycles. The Balaban J connectivity index is 2.19. The molecule has 0 saturated heterocycles. The third-order valence-electron chi connectivity index (χ3n) is 4.58. The smallest absolute Gasteiger partial charge is 0.321 e. The zero-order chi connectivity index (χ0) is 18.1. The quantitative estimate of drug-likeness (QED) is 0.682. The Labute approximate surface area is 149 Å². The number of aromatic nitrogens is 4. The molecule has 1 aromatic carbocycles. The van der Waals surface area contributed by atoms with E-state index in [1.165, 1.54) is 22.3 Å². The van der Waals surface area contributed by atoms with Crippen molar-refractivity contribution < 1.29 is 4.74 Å². The molecule has 5 heteroatoms. The average Bonchev–Trinajstić information content (AvgIpc) is 2.95. The van der Waals surface area contributed by atoms with E-state index in [1.807, 2.05) is 13.1 Å². The number of fused-ring (bicyclic) bond motifs is 1. The second-order valence-electron chi connectivity index (χ2n) is 6.68. The number of hydrogen-bond acceptors (Lipinski definition) is 4. The molecule has 0 atom stereocenters. The summed E-state index contributed by atoms with van der Waals surface area (Å²) >= 11 is 0. The van der Waals surface area contributed by atoms with Crippen molar-refractivity contribution in [2.24, 2.45) is 0 Å². The number of aryl methyl sites for hydroxylation is 4. The molecule has 0 spiro atoms. The third-order valence-corrected chi connectivity index (χ3v) is 4.58. The van der Waals surface area contributed by atoms with Crippen LogP contribution in [0, 0.1) is 27.7 Å². The summed E-state index contributed by atoms with van der Waals surface area (Å²) in [5.41, 5.74) is 6.72. The largest absolute Gasteiger partial charge is 0.460 e. The molecule has 0 bridgehead atoms. The molecule has 25 heavy (non-hydrogen) atoms. The molecule has 0 aliphatic heterocycles. The standard InChI is InChI=1S/C20H26N4O/c1-7-16(8-2)25-20-23-15(6)22-19-17(11-21-24(19)20)18-13(4)9-12(3)10-14(18)5/h9-11,16H,7-8H2,1-6H3. The Kier molecular flexibility index (Phi) is 4.75. The normalized spacial score (nSPS) is 11.5. The number of ether oxygens (including phenoxy) is 1. The molecule has 3 rings (SSSR count). The lowest BCUT2D eigenvalue weighted by Crippen LogP contribution is -2.17. The summed E-state index contributed by atoms with van der Waals surface area (Å²) in [6.07, 6.45) is 3.87. The first-order chi connectivity index (χ1) is 11.9. The molecule has 0 saturated carbocycles. The fraction of sp³-hybridized carbons (Fsp3) is 0.450. The molecule has 0 aliphatic rings. The molecule has 2 aromatic heterocycles. The van der Waals surface area contributed by atoms with Gasteiger partial charge in [0.1, 0.15) is 11.9 Å². The summed E-state index contributed by atoms with van der Waals surface area (Å²) in [7, 11) is 0. The lowest BCUT2D eigenvalue weighted by atomic mass is 9.95. The van der Waals surface area contributed by atoms with E-state index >= 15 is 0 Å². The fourth-order valence-electron chi connectivity index (χ4n) is 3.42. The van der Waals surface area contributed by atoms with Crippen LogP contribution < -0.4 is 4.74 Å². The maximum atomic E-state index is 6.09. The van der Waals surface area contributed by atoms with Gasteiger partial charge in [0.05, 0.1) is 6.20 Å². The van der Waals surface area contributed by atoms with Crippen molar-refractivity contribution in [1.82, 2.24) is 19.6 Å². The van der Waals surface area contributed by atoms with Gasteiger partial charge in [0, 0.05) is 5.56 Å². The second kappa shape index (κ2) is 6.82. The van der Waals surface area contributed by atoms with Crippen molar-refractivity contribution in [2.45, 2.75) is 60.5 Å². The molecular weight excluding hydrogens is 312 g/mol. The highest BCUT2D eigenvalue weighted by Gasteiger charge is 2.18. The summed E-state index contributed by atoms with van der Waals surface area (Å²) in [5.74, 6) is 0.692. The maximum absolute atomic E-state index is 6.09. The topological polar surface area (TPSA) is 52.3 Å². The number of hydrogen-bond donors (Lipinski definition) is 0. The summed E-state index contributed by atoms with van der Waals surface area (Å²) in [4.78, 5) is 9.12. The van der Waals surface area contributed by atoms with Crippen molar-refractivity contribution in [2.75, 3.05) is 0 Å². The van der Waals surface area contributed by atoms with Gasteiger partial charge in [-0.15, -0.1) is 0 Å². The van der Waals surface area contributed by atoms with Crippen LogP contribution in [0.2, 0.25) is 0 Å². The van der Waals surface area contributed by atoms with Gasteiger partial charge in [-0.3, -0.25) is 0 Å². The Morgan fingerprint density at radius 2 is 1.64 bits per heavy atom. The average molecular weight is 338 g/mol. The predicted molar refractivity (Wildman–Crippen MR) is 100 cm³/mol. The molecule has 0 unspecified atom stereocenters. The van der Waals surface area contributed by atoms with Gasteiger partial charge < -0.3 is 4.74 Å². The van der Waals surface area contributed by atoms with Gasteiger partial charge in [0.2, 0.25) is 0 Å². The van der Waals surface area contributed by atoms with Gasteiger partial charge in [-0.1, -0.05) is 31.5 Å². The highest BCUT2D eigenvalue weighted by Crippen LogP contribution is 2.32. The van der Waals surface area contributed by atoms with Crippen molar-refractivity contribution in [1.29, 1.82) is 0 Å². The molecule has 0 fully saturated rings. The number of rotatable bonds is 5. The minimum absolute atomic E-state index is 0.132. The van der Waals surface area contributed by atoms with Crippen molar-refractivity contribution in [3.8, 4) is 17.1 Å². The Morgan fingerprint density at radius 3 is 2.24 bits per heavy atom. The lowest BCUT2D eigenvalue weighted by molar-refractivity contribution is 0.170.